The van der Waals surface area contributed by atoms with E-state index in [1.54, 1.807) is 4.90 Å². The molecule has 2 aliphatic rings. The first-order chi connectivity index (χ1) is 7.63. The van der Waals surface area contributed by atoms with Crippen molar-refractivity contribution in [1.82, 2.24) is 4.90 Å². The Balaban J connectivity index is 1.74. The van der Waals surface area contributed by atoms with Crippen LogP contribution >= 0.6 is 0 Å². The number of hydrogen-bond acceptors (Lipinski definition) is 2. The minimum atomic E-state index is -0.587. The van der Waals surface area contributed by atoms with Gasteiger partial charge in [-0.25, -0.2) is 0 Å². The third kappa shape index (κ3) is 2.46. The number of carbonyl (C=O) groups is 1. The van der Waals surface area contributed by atoms with Crippen molar-refractivity contribution in [3.8, 4) is 0 Å². The fourth-order valence-electron chi connectivity index (χ4n) is 2.68. The summed E-state index contributed by atoms with van der Waals surface area (Å²) in [4.78, 5) is 13.6. The van der Waals surface area contributed by atoms with Crippen LogP contribution in [0.5, 0.6) is 0 Å². The highest BCUT2D eigenvalue weighted by Crippen LogP contribution is 2.28. The van der Waals surface area contributed by atoms with Gasteiger partial charge in [-0.3, -0.25) is 4.79 Å². The maximum atomic E-state index is 11.9. The second kappa shape index (κ2) is 4.58. The topological polar surface area (TPSA) is 40.5 Å². The first-order valence-corrected chi connectivity index (χ1v) is 6.30. The van der Waals surface area contributed by atoms with Gasteiger partial charge in [0.15, 0.2) is 0 Å². The highest BCUT2D eigenvalue weighted by atomic mass is 16.3. The molecule has 1 heterocycles. The Hall–Kier alpha value is -0.830. The standard InChI is InChI=1S/C13H21NO2/c1-2-7-13(16)9-14(10-13)12(15)8-11-5-3-4-6-11/h3,5,11,16H,2,4,6-10H2,1H3. The molecular weight excluding hydrogens is 202 g/mol. The molecule has 0 bridgehead atoms. The molecule has 1 aliphatic carbocycles. The lowest BCUT2D eigenvalue weighted by molar-refractivity contribution is -0.157. The number of allylic oxidation sites excluding steroid dienone is 2. The molecule has 0 aromatic rings. The van der Waals surface area contributed by atoms with Gasteiger partial charge >= 0.3 is 0 Å². The molecule has 1 N–H and O–H groups in total. The summed E-state index contributed by atoms with van der Waals surface area (Å²) in [6.07, 6.45) is 8.93. The molecule has 0 spiro atoms. The average molecular weight is 223 g/mol. The van der Waals surface area contributed by atoms with Crippen LogP contribution < -0.4 is 0 Å². The number of amides is 1. The molecule has 1 unspecified atom stereocenters. The van der Waals surface area contributed by atoms with Crippen molar-refractivity contribution in [3.05, 3.63) is 12.2 Å². The number of hydrogen-bond donors (Lipinski definition) is 1. The molecule has 0 aromatic carbocycles. The van der Waals surface area contributed by atoms with E-state index in [0.717, 1.165) is 25.7 Å². The fraction of sp³-hybridized carbons (Fsp3) is 0.769. The van der Waals surface area contributed by atoms with Gasteiger partial charge in [0, 0.05) is 6.42 Å². The molecule has 1 atom stereocenters. The van der Waals surface area contributed by atoms with Crippen molar-refractivity contribution >= 4 is 5.91 Å². The van der Waals surface area contributed by atoms with E-state index in [1.165, 1.54) is 0 Å². The molecule has 1 amide bonds. The quantitative estimate of drug-likeness (QED) is 0.737. The molecule has 0 aromatic heterocycles. The van der Waals surface area contributed by atoms with Gasteiger partial charge in [-0.2, -0.15) is 0 Å². The number of β-amino-alcohol motifs (C(OH)–C–C–N with tert-alkyl or cyclic N) is 1. The lowest BCUT2D eigenvalue weighted by Crippen LogP contribution is -2.63. The maximum absolute atomic E-state index is 11.9. The van der Waals surface area contributed by atoms with Crippen LogP contribution in [0, 0.1) is 5.92 Å². The van der Waals surface area contributed by atoms with Crippen LogP contribution in [0.15, 0.2) is 12.2 Å². The van der Waals surface area contributed by atoms with Crippen LogP contribution in [0.1, 0.15) is 39.0 Å². The predicted molar refractivity (Wildman–Crippen MR) is 62.9 cm³/mol. The summed E-state index contributed by atoms with van der Waals surface area (Å²) in [5.74, 6) is 0.643. The number of nitrogens with zero attached hydrogens (tertiary/aromatic N) is 1. The minimum absolute atomic E-state index is 0.206. The van der Waals surface area contributed by atoms with E-state index in [2.05, 4.69) is 19.1 Å². The number of carbonyl (C=O) groups excluding carboxylic acids is 1. The van der Waals surface area contributed by atoms with Crippen LogP contribution in [0.2, 0.25) is 0 Å². The molecule has 90 valence electrons. The minimum Gasteiger partial charge on any atom is -0.386 e. The monoisotopic (exact) mass is 223 g/mol. The molecule has 2 rings (SSSR count). The van der Waals surface area contributed by atoms with Crippen molar-refractivity contribution in [1.29, 1.82) is 0 Å². The maximum Gasteiger partial charge on any atom is 0.223 e. The van der Waals surface area contributed by atoms with Gasteiger partial charge in [0.2, 0.25) is 5.91 Å². The van der Waals surface area contributed by atoms with Gasteiger partial charge in [0.25, 0.3) is 0 Å². The summed E-state index contributed by atoms with van der Waals surface area (Å²) in [5, 5.41) is 9.98. The summed E-state index contributed by atoms with van der Waals surface area (Å²) in [6, 6.07) is 0. The van der Waals surface area contributed by atoms with Gasteiger partial charge in [0.1, 0.15) is 0 Å². The van der Waals surface area contributed by atoms with Crippen molar-refractivity contribution in [3.63, 3.8) is 0 Å². The first kappa shape index (κ1) is 11.6. The zero-order valence-corrected chi connectivity index (χ0v) is 9.98. The normalized spacial score (nSPS) is 26.9. The van der Waals surface area contributed by atoms with E-state index in [4.69, 9.17) is 0 Å². The van der Waals surface area contributed by atoms with Crippen LogP contribution in [0.3, 0.4) is 0 Å². The molecule has 1 aliphatic heterocycles. The Morgan fingerprint density at radius 3 is 2.88 bits per heavy atom. The summed E-state index contributed by atoms with van der Waals surface area (Å²) in [5.41, 5.74) is -0.587. The summed E-state index contributed by atoms with van der Waals surface area (Å²) >= 11 is 0. The number of aliphatic hydroxyl groups is 1. The third-order valence-corrected chi connectivity index (χ3v) is 3.59. The SMILES string of the molecule is CCCC1(O)CN(C(=O)CC2C=CCC2)C1. The van der Waals surface area contributed by atoms with Crippen molar-refractivity contribution in [2.24, 2.45) is 5.92 Å². The number of likely N-dealkylation sites (tertiary alicyclic amines) is 1. The summed E-state index contributed by atoms with van der Waals surface area (Å²) < 4.78 is 0. The summed E-state index contributed by atoms with van der Waals surface area (Å²) in [7, 11) is 0. The molecule has 0 radical (unpaired) electrons. The highest BCUT2D eigenvalue weighted by Gasteiger charge is 2.42. The van der Waals surface area contributed by atoms with E-state index in [0.29, 0.717) is 25.4 Å². The zero-order valence-electron chi connectivity index (χ0n) is 9.98. The van der Waals surface area contributed by atoms with Crippen molar-refractivity contribution in [2.45, 2.75) is 44.6 Å². The van der Waals surface area contributed by atoms with E-state index in [1.807, 2.05) is 0 Å². The lowest BCUT2D eigenvalue weighted by Gasteiger charge is -2.46. The Labute approximate surface area is 97.1 Å². The van der Waals surface area contributed by atoms with Crippen molar-refractivity contribution in [2.75, 3.05) is 13.1 Å². The van der Waals surface area contributed by atoms with E-state index in [9.17, 15) is 9.90 Å². The van der Waals surface area contributed by atoms with Gasteiger partial charge in [-0.1, -0.05) is 25.5 Å². The van der Waals surface area contributed by atoms with Gasteiger partial charge in [-0.05, 0) is 25.2 Å². The van der Waals surface area contributed by atoms with Gasteiger partial charge < -0.3 is 10.0 Å². The zero-order chi connectivity index (χ0) is 11.6. The Morgan fingerprint density at radius 2 is 2.31 bits per heavy atom. The van der Waals surface area contributed by atoms with E-state index in [-0.39, 0.29) is 5.91 Å². The Bertz CT molecular complexity index is 292. The van der Waals surface area contributed by atoms with E-state index >= 15 is 0 Å². The average Bonchev–Trinajstić information content (AvgIpc) is 2.66. The summed E-state index contributed by atoms with van der Waals surface area (Å²) in [6.45, 7) is 3.14. The molecule has 1 fully saturated rings. The smallest absolute Gasteiger partial charge is 0.223 e. The molecule has 1 saturated heterocycles. The van der Waals surface area contributed by atoms with Crippen LogP contribution in [0.4, 0.5) is 0 Å². The first-order valence-electron chi connectivity index (χ1n) is 6.30. The molecular formula is C13H21NO2. The fourth-order valence-corrected chi connectivity index (χ4v) is 2.68. The van der Waals surface area contributed by atoms with Gasteiger partial charge in [0.05, 0.1) is 18.7 Å². The second-order valence-electron chi connectivity index (χ2n) is 5.19. The second-order valence-corrected chi connectivity index (χ2v) is 5.19. The van der Waals surface area contributed by atoms with Crippen LogP contribution in [0.25, 0.3) is 0 Å². The highest BCUT2D eigenvalue weighted by molar-refractivity contribution is 5.78. The Morgan fingerprint density at radius 1 is 1.56 bits per heavy atom. The van der Waals surface area contributed by atoms with Crippen LogP contribution in [-0.4, -0.2) is 34.6 Å². The lowest BCUT2D eigenvalue weighted by atomic mass is 9.88. The van der Waals surface area contributed by atoms with Crippen LogP contribution in [-0.2, 0) is 4.79 Å². The molecule has 0 saturated carbocycles. The Kier molecular flexibility index (Phi) is 3.33. The molecule has 3 heteroatoms. The largest absolute Gasteiger partial charge is 0.386 e. The number of rotatable bonds is 4. The van der Waals surface area contributed by atoms with Gasteiger partial charge in [-0.15, -0.1) is 0 Å². The molecule has 3 nitrogen and oxygen atoms in total. The van der Waals surface area contributed by atoms with E-state index < -0.39 is 5.60 Å². The van der Waals surface area contributed by atoms with Crippen molar-refractivity contribution < 1.29 is 9.90 Å². The molecule has 16 heavy (non-hydrogen) atoms. The predicted octanol–water partition coefficient (Wildman–Crippen LogP) is 1.72. The third-order valence-electron chi connectivity index (χ3n) is 3.59.